The highest BCUT2D eigenvalue weighted by molar-refractivity contribution is 5.94. The molecule has 0 amide bonds. The first-order valence-corrected chi connectivity index (χ1v) is 7.94. The van der Waals surface area contributed by atoms with Crippen LogP contribution in [0.4, 0.5) is 0 Å². The van der Waals surface area contributed by atoms with Crippen molar-refractivity contribution in [1.82, 2.24) is 0 Å². The second kappa shape index (κ2) is 7.53. The van der Waals surface area contributed by atoms with Crippen LogP contribution >= 0.6 is 0 Å². The normalized spacial score (nSPS) is 21.7. The zero-order chi connectivity index (χ0) is 15.2. The van der Waals surface area contributed by atoms with Crippen LogP contribution in [0, 0.1) is 5.92 Å². The molecule has 4 nitrogen and oxygen atoms in total. The van der Waals surface area contributed by atoms with Crippen molar-refractivity contribution >= 4 is 17.5 Å². The number of rotatable bonds is 7. The second-order valence-corrected chi connectivity index (χ2v) is 6.07. The molecule has 0 saturated heterocycles. The van der Waals surface area contributed by atoms with E-state index in [1.165, 1.54) is 12.7 Å². The molecule has 1 unspecified atom stereocenters. The lowest BCUT2D eigenvalue weighted by Gasteiger charge is -2.17. The maximum absolute atomic E-state index is 12.1. The second-order valence-electron chi connectivity index (χ2n) is 6.07. The molecule has 0 bridgehead atoms. The summed E-state index contributed by atoms with van der Waals surface area (Å²) in [5.41, 5.74) is 2.39. The third-order valence-electron chi connectivity index (χ3n) is 4.59. The van der Waals surface area contributed by atoms with E-state index in [2.05, 4.69) is 4.74 Å². The predicted molar refractivity (Wildman–Crippen MR) is 78.7 cm³/mol. The lowest BCUT2D eigenvalue weighted by Crippen LogP contribution is -2.13. The molecule has 0 aromatic rings. The van der Waals surface area contributed by atoms with Gasteiger partial charge in [-0.2, -0.15) is 0 Å². The van der Waals surface area contributed by atoms with Gasteiger partial charge in [-0.05, 0) is 19.3 Å². The average molecular weight is 292 g/mol. The zero-order valence-electron chi connectivity index (χ0n) is 12.8. The van der Waals surface area contributed by atoms with E-state index in [0.29, 0.717) is 31.5 Å². The standard InChI is InChI=1S/C17H24O4/c1-21-17(20)7-5-3-2-4-6-15-14-9-8-13(18)10-12(14)11-16(15)19/h15H,2-11H2,1H3. The molecular formula is C17H24O4. The Kier molecular flexibility index (Phi) is 5.71. The SMILES string of the molecule is COC(=O)CCCCCCC1C(=O)CC2=C1CCC(=O)C2. The molecule has 0 heterocycles. The maximum atomic E-state index is 12.1. The summed E-state index contributed by atoms with van der Waals surface area (Å²) in [7, 11) is 1.41. The van der Waals surface area contributed by atoms with E-state index in [0.717, 1.165) is 44.1 Å². The van der Waals surface area contributed by atoms with Crippen molar-refractivity contribution < 1.29 is 19.1 Å². The molecule has 21 heavy (non-hydrogen) atoms. The number of hydrogen-bond acceptors (Lipinski definition) is 4. The molecule has 0 N–H and O–H groups in total. The van der Waals surface area contributed by atoms with E-state index < -0.39 is 0 Å². The van der Waals surface area contributed by atoms with Crippen molar-refractivity contribution in [1.29, 1.82) is 0 Å². The van der Waals surface area contributed by atoms with Gasteiger partial charge in [0.1, 0.15) is 11.6 Å². The highest BCUT2D eigenvalue weighted by atomic mass is 16.5. The fraction of sp³-hybridized carbons (Fsp3) is 0.706. The monoisotopic (exact) mass is 292 g/mol. The molecule has 4 heteroatoms. The first-order chi connectivity index (χ1) is 10.1. The molecular weight excluding hydrogens is 268 g/mol. The molecule has 116 valence electrons. The van der Waals surface area contributed by atoms with Crippen molar-refractivity contribution in [3.63, 3.8) is 0 Å². The summed E-state index contributed by atoms with van der Waals surface area (Å²) in [5.74, 6) is 0.519. The number of esters is 1. The quantitative estimate of drug-likeness (QED) is 0.411. The Morgan fingerprint density at radius 3 is 2.62 bits per heavy atom. The number of unbranched alkanes of at least 4 members (excludes halogenated alkanes) is 3. The van der Waals surface area contributed by atoms with Gasteiger partial charge in [-0.3, -0.25) is 14.4 Å². The molecule has 1 atom stereocenters. The van der Waals surface area contributed by atoms with Gasteiger partial charge in [-0.15, -0.1) is 0 Å². The maximum Gasteiger partial charge on any atom is 0.305 e. The summed E-state index contributed by atoms with van der Waals surface area (Å²) < 4.78 is 4.60. The Balaban J connectivity index is 1.70. The molecule has 0 radical (unpaired) electrons. The zero-order valence-corrected chi connectivity index (χ0v) is 12.8. The fourth-order valence-corrected chi connectivity index (χ4v) is 3.42. The third kappa shape index (κ3) is 4.26. The van der Waals surface area contributed by atoms with Crippen molar-refractivity contribution in [3.8, 4) is 0 Å². The van der Waals surface area contributed by atoms with Gasteiger partial charge in [0.05, 0.1) is 7.11 Å². The molecule has 2 aliphatic carbocycles. The van der Waals surface area contributed by atoms with Crippen LogP contribution in [0.25, 0.3) is 0 Å². The van der Waals surface area contributed by atoms with Gasteiger partial charge < -0.3 is 4.74 Å². The van der Waals surface area contributed by atoms with Crippen molar-refractivity contribution in [2.45, 2.75) is 64.2 Å². The number of carbonyl (C=O) groups excluding carboxylic acids is 3. The molecule has 0 saturated carbocycles. The van der Waals surface area contributed by atoms with Crippen LogP contribution in [0.2, 0.25) is 0 Å². The van der Waals surface area contributed by atoms with Gasteiger partial charge in [-0.1, -0.05) is 30.4 Å². The Morgan fingerprint density at radius 1 is 1.10 bits per heavy atom. The minimum atomic E-state index is -0.150. The molecule has 0 fully saturated rings. The number of ether oxygens (including phenoxy) is 1. The van der Waals surface area contributed by atoms with Crippen LogP contribution in [-0.4, -0.2) is 24.6 Å². The molecule has 2 rings (SSSR count). The van der Waals surface area contributed by atoms with E-state index in [-0.39, 0.29) is 17.7 Å². The van der Waals surface area contributed by atoms with Crippen LogP contribution in [-0.2, 0) is 19.1 Å². The van der Waals surface area contributed by atoms with Crippen LogP contribution in [0.1, 0.15) is 64.2 Å². The Labute approximate surface area is 125 Å². The first kappa shape index (κ1) is 15.9. The Morgan fingerprint density at radius 2 is 1.86 bits per heavy atom. The Hall–Kier alpha value is -1.45. The number of hydrogen-bond donors (Lipinski definition) is 0. The van der Waals surface area contributed by atoms with Crippen molar-refractivity contribution in [3.05, 3.63) is 11.1 Å². The molecule has 0 aliphatic heterocycles. The van der Waals surface area contributed by atoms with Gasteiger partial charge in [0.2, 0.25) is 0 Å². The van der Waals surface area contributed by atoms with Crippen LogP contribution in [0.5, 0.6) is 0 Å². The van der Waals surface area contributed by atoms with E-state index in [4.69, 9.17) is 0 Å². The van der Waals surface area contributed by atoms with Gasteiger partial charge in [-0.25, -0.2) is 0 Å². The van der Waals surface area contributed by atoms with Gasteiger partial charge in [0.15, 0.2) is 0 Å². The number of ketones is 2. The minimum Gasteiger partial charge on any atom is -0.469 e. The summed E-state index contributed by atoms with van der Waals surface area (Å²) in [5, 5.41) is 0. The highest BCUT2D eigenvalue weighted by Crippen LogP contribution is 2.40. The topological polar surface area (TPSA) is 60.4 Å². The van der Waals surface area contributed by atoms with Crippen LogP contribution in [0.3, 0.4) is 0 Å². The minimum absolute atomic E-state index is 0.0775. The average Bonchev–Trinajstić information content (AvgIpc) is 2.77. The summed E-state index contributed by atoms with van der Waals surface area (Å²) in [6.07, 6.45) is 7.73. The summed E-state index contributed by atoms with van der Waals surface area (Å²) in [6, 6.07) is 0. The van der Waals surface area contributed by atoms with Crippen LogP contribution < -0.4 is 0 Å². The van der Waals surface area contributed by atoms with E-state index in [1.54, 1.807) is 0 Å². The van der Waals surface area contributed by atoms with Crippen LogP contribution in [0.15, 0.2) is 11.1 Å². The molecule has 0 spiro atoms. The van der Waals surface area contributed by atoms with Gasteiger partial charge >= 0.3 is 5.97 Å². The smallest absolute Gasteiger partial charge is 0.305 e. The lowest BCUT2D eigenvalue weighted by atomic mass is 9.86. The largest absolute Gasteiger partial charge is 0.469 e. The van der Waals surface area contributed by atoms with Gasteiger partial charge in [0.25, 0.3) is 0 Å². The highest BCUT2D eigenvalue weighted by Gasteiger charge is 2.35. The van der Waals surface area contributed by atoms with Crippen molar-refractivity contribution in [2.75, 3.05) is 7.11 Å². The first-order valence-electron chi connectivity index (χ1n) is 7.94. The lowest BCUT2D eigenvalue weighted by molar-refractivity contribution is -0.140. The predicted octanol–water partition coefficient (Wildman–Crippen LogP) is 3.14. The summed E-state index contributed by atoms with van der Waals surface area (Å²) in [4.78, 5) is 34.5. The Bertz CT molecular complexity index is 461. The van der Waals surface area contributed by atoms with E-state index in [1.807, 2.05) is 0 Å². The number of Topliss-reactive ketones (excluding diaryl/α,β-unsaturated/α-hetero) is 2. The summed E-state index contributed by atoms with van der Waals surface area (Å²) in [6.45, 7) is 0. The van der Waals surface area contributed by atoms with E-state index >= 15 is 0 Å². The third-order valence-corrected chi connectivity index (χ3v) is 4.59. The van der Waals surface area contributed by atoms with Gasteiger partial charge in [0, 0.05) is 31.6 Å². The number of carbonyl (C=O) groups is 3. The number of methoxy groups -OCH3 is 1. The number of allylic oxidation sites excluding steroid dienone is 2. The van der Waals surface area contributed by atoms with E-state index in [9.17, 15) is 14.4 Å². The summed E-state index contributed by atoms with van der Waals surface area (Å²) >= 11 is 0. The molecule has 2 aliphatic rings. The molecule has 0 aromatic carbocycles. The van der Waals surface area contributed by atoms with Crippen molar-refractivity contribution in [2.24, 2.45) is 5.92 Å². The fourth-order valence-electron chi connectivity index (χ4n) is 3.42. The molecule has 0 aromatic heterocycles.